The summed E-state index contributed by atoms with van der Waals surface area (Å²) in [7, 11) is -2.02. The first-order chi connectivity index (χ1) is 13.9. The highest BCUT2D eigenvalue weighted by atomic mass is 32.2. The Morgan fingerprint density at radius 3 is 2.24 bits per heavy atom. The van der Waals surface area contributed by atoms with E-state index in [1.807, 2.05) is 24.3 Å². The van der Waals surface area contributed by atoms with E-state index >= 15 is 0 Å². The lowest BCUT2D eigenvalue weighted by molar-refractivity contribution is -0.126. The molecule has 2 aromatic rings. The predicted octanol–water partition coefficient (Wildman–Crippen LogP) is 2.69. The number of methoxy groups -OCH3 is 1. The van der Waals surface area contributed by atoms with Crippen LogP contribution in [0.2, 0.25) is 0 Å². The lowest BCUT2D eigenvalue weighted by Crippen LogP contribution is -2.42. The topological polar surface area (TPSA) is 75.7 Å². The molecule has 1 heterocycles. The van der Waals surface area contributed by atoms with Crippen LogP contribution in [0.4, 0.5) is 4.39 Å². The summed E-state index contributed by atoms with van der Waals surface area (Å²) in [6, 6.07) is 12.6. The van der Waals surface area contributed by atoms with Gasteiger partial charge in [0.1, 0.15) is 5.82 Å². The molecular formula is C21H25FN2O4S. The van der Waals surface area contributed by atoms with Gasteiger partial charge in [0.25, 0.3) is 0 Å². The first-order valence-electron chi connectivity index (χ1n) is 9.50. The van der Waals surface area contributed by atoms with E-state index in [0.717, 1.165) is 23.3 Å². The van der Waals surface area contributed by atoms with Gasteiger partial charge in [-0.3, -0.25) is 4.79 Å². The Morgan fingerprint density at radius 2 is 1.66 bits per heavy atom. The van der Waals surface area contributed by atoms with Crippen LogP contribution in [-0.2, 0) is 32.7 Å². The van der Waals surface area contributed by atoms with Crippen molar-refractivity contribution < 1.29 is 22.3 Å². The van der Waals surface area contributed by atoms with Crippen LogP contribution in [0.15, 0.2) is 53.4 Å². The summed E-state index contributed by atoms with van der Waals surface area (Å²) in [6.45, 7) is 1.51. The lowest BCUT2D eigenvalue weighted by atomic mass is 9.97. The largest absolute Gasteiger partial charge is 0.380 e. The molecule has 3 rings (SSSR count). The number of nitrogens with zero attached hydrogens (tertiary/aromatic N) is 1. The molecular weight excluding hydrogens is 395 g/mol. The Morgan fingerprint density at radius 1 is 1.07 bits per heavy atom. The average Bonchev–Trinajstić information content (AvgIpc) is 2.73. The zero-order chi connectivity index (χ0) is 20.9. The van der Waals surface area contributed by atoms with Crippen LogP contribution < -0.4 is 5.32 Å². The highest BCUT2D eigenvalue weighted by Gasteiger charge is 2.32. The Labute approximate surface area is 170 Å². The van der Waals surface area contributed by atoms with E-state index in [2.05, 4.69) is 5.32 Å². The van der Waals surface area contributed by atoms with Crippen molar-refractivity contribution >= 4 is 15.9 Å². The van der Waals surface area contributed by atoms with Gasteiger partial charge in [0.2, 0.25) is 15.9 Å². The van der Waals surface area contributed by atoms with Gasteiger partial charge in [-0.25, -0.2) is 12.8 Å². The number of hydrogen-bond acceptors (Lipinski definition) is 4. The second-order valence-corrected chi connectivity index (χ2v) is 9.04. The molecule has 0 bridgehead atoms. The molecule has 0 aliphatic carbocycles. The lowest BCUT2D eigenvalue weighted by Gasteiger charge is -2.30. The fourth-order valence-electron chi connectivity index (χ4n) is 3.37. The van der Waals surface area contributed by atoms with Gasteiger partial charge in [0, 0.05) is 32.7 Å². The number of piperidine rings is 1. The molecule has 0 atom stereocenters. The number of amides is 1. The molecule has 29 heavy (non-hydrogen) atoms. The number of hydrogen-bond donors (Lipinski definition) is 1. The van der Waals surface area contributed by atoms with Crippen LogP contribution in [0.5, 0.6) is 0 Å². The summed E-state index contributed by atoms with van der Waals surface area (Å²) in [5.41, 5.74) is 2.06. The number of sulfonamides is 1. The molecule has 0 radical (unpaired) electrons. The third-order valence-electron chi connectivity index (χ3n) is 5.08. The number of rotatable bonds is 7. The van der Waals surface area contributed by atoms with E-state index in [4.69, 9.17) is 4.74 Å². The van der Waals surface area contributed by atoms with Gasteiger partial charge in [-0.05, 0) is 48.2 Å². The van der Waals surface area contributed by atoms with Gasteiger partial charge in [-0.15, -0.1) is 0 Å². The third-order valence-corrected chi connectivity index (χ3v) is 6.99. The normalized spacial score (nSPS) is 15.9. The molecule has 2 aromatic carbocycles. The number of nitrogens with one attached hydrogen (secondary N) is 1. The molecule has 1 aliphatic heterocycles. The smallest absolute Gasteiger partial charge is 0.243 e. The van der Waals surface area contributed by atoms with E-state index in [-0.39, 0.29) is 29.8 Å². The van der Waals surface area contributed by atoms with E-state index < -0.39 is 15.8 Å². The maximum atomic E-state index is 13.0. The summed E-state index contributed by atoms with van der Waals surface area (Å²) in [4.78, 5) is 12.5. The zero-order valence-electron chi connectivity index (χ0n) is 16.3. The summed E-state index contributed by atoms with van der Waals surface area (Å²) in [5, 5.41) is 2.93. The molecule has 1 saturated heterocycles. The Bertz CT molecular complexity index is 922. The van der Waals surface area contributed by atoms with Crippen LogP contribution in [0.1, 0.15) is 24.0 Å². The monoisotopic (exact) mass is 420 g/mol. The maximum absolute atomic E-state index is 13.0. The first kappa shape index (κ1) is 21.4. The first-order valence-corrected chi connectivity index (χ1v) is 10.9. The van der Waals surface area contributed by atoms with Crippen LogP contribution in [0.25, 0.3) is 0 Å². The van der Waals surface area contributed by atoms with E-state index in [0.29, 0.717) is 26.0 Å². The van der Waals surface area contributed by atoms with Crippen molar-refractivity contribution in [3.8, 4) is 0 Å². The van der Waals surface area contributed by atoms with Gasteiger partial charge >= 0.3 is 0 Å². The van der Waals surface area contributed by atoms with Crippen molar-refractivity contribution in [1.29, 1.82) is 0 Å². The van der Waals surface area contributed by atoms with Gasteiger partial charge in [-0.2, -0.15) is 4.31 Å². The number of benzene rings is 2. The second kappa shape index (κ2) is 9.47. The van der Waals surface area contributed by atoms with Gasteiger partial charge in [0.05, 0.1) is 11.5 Å². The minimum atomic E-state index is -3.67. The molecule has 0 unspecified atom stereocenters. The maximum Gasteiger partial charge on any atom is 0.243 e. The van der Waals surface area contributed by atoms with E-state index in [9.17, 15) is 17.6 Å². The molecule has 156 valence electrons. The van der Waals surface area contributed by atoms with Crippen molar-refractivity contribution in [1.82, 2.24) is 9.62 Å². The molecule has 1 amide bonds. The third kappa shape index (κ3) is 5.41. The summed E-state index contributed by atoms with van der Waals surface area (Å²) < 4.78 is 44.8. The molecule has 1 N–H and O–H groups in total. The van der Waals surface area contributed by atoms with Gasteiger partial charge in [0.15, 0.2) is 0 Å². The Hall–Kier alpha value is -2.29. The predicted molar refractivity (Wildman–Crippen MR) is 107 cm³/mol. The van der Waals surface area contributed by atoms with Crippen LogP contribution in [0.3, 0.4) is 0 Å². The van der Waals surface area contributed by atoms with Gasteiger partial charge < -0.3 is 10.1 Å². The molecule has 1 aliphatic rings. The molecule has 6 nitrogen and oxygen atoms in total. The minimum absolute atomic E-state index is 0.0650. The van der Waals surface area contributed by atoms with Crippen molar-refractivity contribution in [2.24, 2.45) is 5.92 Å². The van der Waals surface area contributed by atoms with Crippen LogP contribution >= 0.6 is 0 Å². The Balaban J connectivity index is 1.50. The van der Waals surface area contributed by atoms with E-state index in [1.165, 1.54) is 16.4 Å². The summed E-state index contributed by atoms with van der Waals surface area (Å²) in [6.07, 6.45) is 0.915. The van der Waals surface area contributed by atoms with Crippen molar-refractivity contribution in [3.63, 3.8) is 0 Å². The van der Waals surface area contributed by atoms with Crippen molar-refractivity contribution in [2.45, 2.75) is 30.9 Å². The average molecular weight is 421 g/mol. The molecule has 0 aromatic heterocycles. The quantitative estimate of drug-likeness (QED) is 0.747. The second-order valence-electron chi connectivity index (χ2n) is 7.10. The summed E-state index contributed by atoms with van der Waals surface area (Å²) >= 11 is 0. The fraction of sp³-hybridized carbons (Fsp3) is 0.381. The molecule has 1 fully saturated rings. The van der Waals surface area contributed by atoms with E-state index in [1.54, 1.807) is 7.11 Å². The summed E-state index contributed by atoms with van der Waals surface area (Å²) in [5.74, 6) is -0.764. The van der Waals surface area contributed by atoms with Crippen molar-refractivity contribution in [2.75, 3.05) is 20.2 Å². The number of carbonyl (C=O) groups excluding carboxylic acids is 1. The molecule has 0 saturated carbocycles. The SMILES string of the molecule is COCc1ccc(CNC(=O)C2CCN(S(=O)(=O)c3ccc(F)cc3)CC2)cc1. The molecule has 0 spiro atoms. The van der Waals surface area contributed by atoms with Crippen LogP contribution in [-0.4, -0.2) is 38.8 Å². The van der Waals surface area contributed by atoms with Crippen molar-refractivity contribution in [3.05, 3.63) is 65.5 Å². The Kier molecular flexibility index (Phi) is 7.00. The zero-order valence-corrected chi connectivity index (χ0v) is 17.1. The number of halogens is 1. The standard InChI is InChI=1S/C21H25FN2O4S/c1-28-15-17-4-2-16(3-5-17)14-23-21(25)18-10-12-24(13-11-18)29(26,27)20-8-6-19(22)7-9-20/h2-9,18H,10-15H2,1H3,(H,23,25). The minimum Gasteiger partial charge on any atom is -0.380 e. The fourth-order valence-corrected chi connectivity index (χ4v) is 4.84. The number of carbonyl (C=O) groups is 1. The van der Waals surface area contributed by atoms with Crippen LogP contribution in [0, 0.1) is 11.7 Å². The highest BCUT2D eigenvalue weighted by Crippen LogP contribution is 2.24. The van der Waals surface area contributed by atoms with Gasteiger partial charge in [-0.1, -0.05) is 24.3 Å². The molecule has 8 heteroatoms. The highest BCUT2D eigenvalue weighted by molar-refractivity contribution is 7.89. The number of ether oxygens (including phenoxy) is 1.